The molecule has 0 spiro atoms. The lowest BCUT2D eigenvalue weighted by Crippen LogP contribution is -1.92. The van der Waals surface area contributed by atoms with Crippen molar-refractivity contribution in [1.29, 1.82) is 0 Å². The highest BCUT2D eigenvalue weighted by molar-refractivity contribution is 5.32. The average Bonchev–Trinajstić information content (AvgIpc) is 2.77. The molecule has 1 aromatic heterocycles. The van der Waals surface area contributed by atoms with E-state index in [2.05, 4.69) is 29.3 Å². The molecule has 1 radical (unpaired) electrons. The molecule has 3 heteroatoms. The molecule has 0 atom stereocenters. The number of benzene rings is 1. The smallest absolute Gasteiger partial charge is 0.118 e. The molecule has 1 aromatic carbocycles. The minimum Gasteiger partial charge on any atom is -0.497 e. The van der Waals surface area contributed by atoms with Crippen LogP contribution in [-0.2, 0) is 12.8 Å². The molecule has 1 heterocycles. The number of hydrogen-bond acceptors (Lipinski definition) is 2. The molecule has 1 N–H and O–H groups in total. The van der Waals surface area contributed by atoms with Gasteiger partial charge >= 0.3 is 0 Å². The van der Waals surface area contributed by atoms with Crippen LogP contribution in [0.5, 0.6) is 5.75 Å². The zero-order valence-corrected chi connectivity index (χ0v) is 9.36. The number of rotatable bonds is 4. The first-order chi connectivity index (χ1) is 7.83. The van der Waals surface area contributed by atoms with Crippen LogP contribution < -0.4 is 4.74 Å². The van der Waals surface area contributed by atoms with Gasteiger partial charge in [0.1, 0.15) is 5.75 Å². The van der Waals surface area contributed by atoms with Gasteiger partial charge in [-0.2, -0.15) is 5.10 Å². The van der Waals surface area contributed by atoms with Crippen molar-refractivity contribution in [3.05, 3.63) is 54.2 Å². The first-order valence-electron chi connectivity index (χ1n) is 5.27. The summed E-state index contributed by atoms with van der Waals surface area (Å²) in [7, 11) is 1.67. The molecule has 0 aliphatic heterocycles. The van der Waals surface area contributed by atoms with Gasteiger partial charge in [0, 0.05) is 12.6 Å². The largest absolute Gasteiger partial charge is 0.497 e. The van der Waals surface area contributed by atoms with Crippen LogP contribution in [-0.4, -0.2) is 17.3 Å². The van der Waals surface area contributed by atoms with Gasteiger partial charge in [-0.15, -0.1) is 0 Å². The first-order valence-corrected chi connectivity index (χ1v) is 5.27. The number of ether oxygens (including phenoxy) is 1. The molecular weight excluding hydrogens is 200 g/mol. The highest BCUT2D eigenvalue weighted by Gasteiger charge is 2.04. The Labute approximate surface area is 95.5 Å². The van der Waals surface area contributed by atoms with Crippen LogP contribution in [0.2, 0.25) is 0 Å². The molecule has 83 valence electrons. The fourth-order valence-electron chi connectivity index (χ4n) is 1.68. The summed E-state index contributed by atoms with van der Waals surface area (Å²) in [5.74, 6) is 0.883. The van der Waals surface area contributed by atoms with Crippen molar-refractivity contribution >= 4 is 0 Å². The van der Waals surface area contributed by atoms with Gasteiger partial charge in [-0.05, 0) is 36.6 Å². The van der Waals surface area contributed by atoms with Crippen molar-refractivity contribution in [2.75, 3.05) is 7.11 Å². The number of methoxy groups -OCH3 is 1. The predicted molar refractivity (Wildman–Crippen MR) is 63.4 cm³/mol. The quantitative estimate of drug-likeness (QED) is 0.850. The number of aromatic amines is 1. The fourth-order valence-corrected chi connectivity index (χ4v) is 1.68. The Morgan fingerprint density at radius 1 is 1.31 bits per heavy atom. The van der Waals surface area contributed by atoms with E-state index in [1.54, 1.807) is 7.11 Å². The van der Waals surface area contributed by atoms with Gasteiger partial charge in [0.15, 0.2) is 0 Å². The van der Waals surface area contributed by atoms with Crippen LogP contribution in [0.25, 0.3) is 0 Å². The topological polar surface area (TPSA) is 37.9 Å². The Kier molecular flexibility index (Phi) is 3.25. The standard InChI is InChI=1S/C13H15N2O/c1-3-13-11(9-14-15-13)8-10-4-6-12(16-2)7-5-10/h4-7,9H,1,3,8H2,2H3,(H,14,15). The first kappa shape index (κ1) is 10.7. The monoisotopic (exact) mass is 215 g/mol. The van der Waals surface area contributed by atoms with Crippen molar-refractivity contribution < 1.29 is 4.74 Å². The maximum Gasteiger partial charge on any atom is 0.118 e. The second kappa shape index (κ2) is 4.84. The highest BCUT2D eigenvalue weighted by Crippen LogP contribution is 2.16. The number of hydrogen-bond donors (Lipinski definition) is 1. The van der Waals surface area contributed by atoms with Gasteiger partial charge in [-0.1, -0.05) is 12.1 Å². The van der Waals surface area contributed by atoms with E-state index in [1.165, 1.54) is 11.1 Å². The summed E-state index contributed by atoms with van der Waals surface area (Å²) in [6, 6.07) is 8.08. The minimum atomic E-state index is 0.717. The molecule has 2 aromatic rings. The molecule has 3 nitrogen and oxygen atoms in total. The zero-order valence-electron chi connectivity index (χ0n) is 9.36. The molecule has 16 heavy (non-hydrogen) atoms. The van der Waals surface area contributed by atoms with Crippen LogP contribution in [0.3, 0.4) is 0 Å². The second-order valence-electron chi connectivity index (χ2n) is 3.63. The van der Waals surface area contributed by atoms with Crippen molar-refractivity contribution in [3.8, 4) is 5.75 Å². The lowest BCUT2D eigenvalue weighted by molar-refractivity contribution is 0.414. The molecular formula is C13H15N2O. The summed E-state index contributed by atoms with van der Waals surface area (Å²) < 4.78 is 5.12. The zero-order chi connectivity index (χ0) is 11.4. The third-order valence-corrected chi connectivity index (χ3v) is 2.60. The maximum absolute atomic E-state index is 5.12. The summed E-state index contributed by atoms with van der Waals surface area (Å²) in [6.45, 7) is 3.86. The van der Waals surface area contributed by atoms with Gasteiger partial charge in [0.25, 0.3) is 0 Å². The predicted octanol–water partition coefficient (Wildman–Crippen LogP) is 2.39. The number of H-pyrrole nitrogens is 1. The van der Waals surface area contributed by atoms with Crippen LogP contribution in [0.1, 0.15) is 16.8 Å². The van der Waals surface area contributed by atoms with Crippen molar-refractivity contribution in [3.63, 3.8) is 0 Å². The Bertz CT molecular complexity index is 445. The van der Waals surface area contributed by atoms with E-state index in [-0.39, 0.29) is 0 Å². The number of nitrogens with zero attached hydrogens (tertiary/aromatic N) is 1. The van der Waals surface area contributed by atoms with Crippen LogP contribution in [0, 0.1) is 6.92 Å². The Balaban J connectivity index is 2.14. The van der Waals surface area contributed by atoms with Crippen LogP contribution >= 0.6 is 0 Å². The van der Waals surface area contributed by atoms with Gasteiger partial charge in [-0.25, -0.2) is 0 Å². The van der Waals surface area contributed by atoms with Crippen molar-refractivity contribution in [2.45, 2.75) is 12.8 Å². The maximum atomic E-state index is 5.12. The molecule has 2 rings (SSSR count). The normalized spacial score (nSPS) is 10.4. The summed E-state index contributed by atoms with van der Waals surface area (Å²) in [6.07, 6.45) is 3.53. The Morgan fingerprint density at radius 2 is 2.06 bits per heavy atom. The summed E-state index contributed by atoms with van der Waals surface area (Å²) in [4.78, 5) is 0. The minimum absolute atomic E-state index is 0.717. The lowest BCUT2D eigenvalue weighted by Gasteiger charge is -2.03. The van der Waals surface area contributed by atoms with E-state index in [9.17, 15) is 0 Å². The third kappa shape index (κ3) is 2.24. The molecule has 0 bridgehead atoms. The van der Waals surface area contributed by atoms with E-state index >= 15 is 0 Å². The van der Waals surface area contributed by atoms with Crippen LogP contribution in [0.15, 0.2) is 30.5 Å². The van der Waals surface area contributed by atoms with Gasteiger partial charge in [-0.3, -0.25) is 5.10 Å². The van der Waals surface area contributed by atoms with Gasteiger partial charge in [0.2, 0.25) is 0 Å². The number of aromatic nitrogens is 2. The highest BCUT2D eigenvalue weighted by atomic mass is 16.5. The SMILES string of the molecule is [CH2]Cc1n[nH]cc1Cc1ccc(OC)cc1. The molecule has 0 saturated carbocycles. The Hall–Kier alpha value is -1.77. The van der Waals surface area contributed by atoms with Crippen molar-refractivity contribution in [2.24, 2.45) is 0 Å². The van der Waals surface area contributed by atoms with E-state index in [0.717, 1.165) is 24.3 Å². The van der Waals surface area contributed by atoms with Crippen molar-refractivity contribution in [1.82, 2.24) is 10.2 Å². The molecule has 0 unspecified atom stereocenters. The van der Waals surface area contributed by atoms with E-state index in [1.807, 2.05) is 18.3 Å². The molecule has 0 aliphatic rings. The molecule has 0 fully saturated rings. The van der Waals surface area contributed by atoms with Gasteiger partial charge in [0.05, 0.1) is 12.8 Å². The average molecular weight is 215 g/mol. The molecule has 0 saturated heterocycles. The fraction of sp³-hybridized carbons (Fsp3) is 0.231. The molecule has 0 amide bonds. The van der Waals surface area contributed by atoms with E-state index < -0.39 is 0 Å². The number of nitrogens with one attached hydrogen (secondary N) is 1. The Morgan fingerprint density at radius 3 is 2.69 bits per heavy atom. The summed E-state index contributed by atoms with van der Waals surface area (Å²) >= 11 is 0. The van der Waals surface area contributed by atoms with E-state index in [4.69, 9.17) is 4.74 Å². The van der Waals surface area contributed by atoms with Gasteiger partial charge < -0.3 is 4.74 Å². The summed E-state index contributed by atoms with van der Waals surface area (Å²) in [5.41, 5.74) is 3.49. The lowest BCUT2D eigenvalue weighted by atomic mass is 10.0. The van der Waals surface area contributed by atoms with Crippen LogP contribution in [0.4, 0.5) is 0 Å². The summed E-state index contributed by atoms with van der Waals surface area (Å²) in [5, 5.41) is 7.03. The third-order valence-electron chi connectivity index (χ3n) is 2.60. The molecule has 0 aliphatic carbocycles. The second-order valence-corrected chi connectivity index (χ2v) is 3.63. The van der Waals surface area contributed by atoms with E-state index in [0.29, 0.717) is 0 Å².